The van der Waals surface area contributed by atoms with Gasteiger partial charge in [0.2, 0.25) is 0 Å². The summed E-state index contributed by atoms with van der Waals surface area (Å²) in [5, 5.41) is 6.17. The summed E-state index contributed by atoms with van der Waals surface area (Å²) in [5.41, 5.74) is 0. The van der Waals surface area contributed by atoms with Crippen molar-refractivity contribution in [2.75, 3.05) is 0 Å². The van der Waals surface area contributed by atoms with Crippen molar-refractivity contribution in [2.24, 2.45) is 0 Å². The van der Waals surface area contributed by atoms with Gasteiger partial charge in [-0.1, -0.05) is 12.2 Å². The Balaban J connectivity index is 0.000000490. The zero-order valence-electron chi connectivity index (χ0n) is 4.17. The van der Waals surface area contributed by atoms with Crippen molar-refractivity contribution in [1.29, 1.82) is 0 Å². The van der Waals surface area contributed by atoms with Crippen molar-refractivity contribution >= 4 is 36.2 Å². The third kappa shape index (κ3) is 2.24. The number of nitrogens with zero attached hydrogens (tertiary/aromatic N) is 1. The number of hydrogen-bond donors (Lipinski definition) is 1. The van der Waals surface area contributed by atoms with Crippen molar-refractivity contribution in [1.82, 2.24) is 10.2 Å². The summed E-state index contributed by atoms with van der Waals surface area (Å²) < 4.78 is 1.22. The molecule has 0 aromatic carbocycles. The van der Waals surface area contributed by atoms with E-state index in [1.807, 2.05) is 0 Å². The maximum absolute atomic E-state index is 4.67. The van der Waals surface area contributed by atoms with Crippen molar-refractivity contribution in [3.63, 3.8) is 0 Å². The first-order valence-electron chi connectivity index (χ1n) is 1.51. The first kappa shape index (κ1) is 8.60. The summed E-state index contributed by atoms with van der Waals surface area (Å²) in [6.07, 6.45) is 0. The summed E-state index contributed by atoms with van der Waals surface area (Å²) in [6, 6.07) is 0. The minimum absolute atomic E-state index is 0. The van der Waals surface area contributed by atoms with Crippen LogP contribution in [0.3, 0.4) is 0 Å². The summed E-state index contributed by atoms with van der Waals surface area (Å²) in [5.74, 6) is 0. The van der Waals surface area contributed by atoms with Gasteiger partial charge in [0.1, 0.15) is 0 Å². The average Bonchev–Trinajstić information content (AvgIpc) is 1.87. The summed E-state index contributed by atoms with van der Waals surface area (Å²) in [4.78, 5) is 0. The Morgan fingerprint density at radius 2 is 2.38 bits per heavy atom. The van der Waals surface area contributed by atoms with Gasteiger partial charge in [-0.15, -0.1) is 0 Å². The molecule has 0 bridgehead atoms. The van der Waals surface area contributed by atoms with Gasteiger partial charge in [0.25, 0.3) is 0 Å². The molecule has 1 aromatic heterocycles. The van der Waals surface area contributed by atoms with Crippen LogP contribution >= 0.6 is 23.6 Å². The minimum atomic E-state index is 0. The van der Waals surface area contributed by atoms with Crippen LogP contribution in [0, 0.1) is 3.95 Å². The standard InChI is InChI=1S/C2H2N2S3.Li/c5-1-3-4-2(6)7-1;/h(H,3,5)(H,4,6);/q;+1/p-1. The summed E-state index contributed by atoms with van der Waals surface area (Å²) >= 11 is 10.6. The maximum atomic E-state index is 4.67. The van der Waals surface area contributed by atoms with Gasteiger partial charge in [-0.05, 0) is 4.34 Å². The number of nitrogens with one attached hydrogen (secondary N) is 1. The Kier molecular flexibility index (Phi) is 3.86. The molecular formula is C2HLiN2S3. The van der Waals surface area contributed by atoms with E-state index in [0.717, 1.165) is 0 Å². The Hall–Kier alpha value is 0.597. The Bertz CT molecular complexity index is 203. The van der Waals surface area contributed by atoms with E-state index in [0.29, 0.717) is 8.29 Å². The van der Waals surface area contributed by atoms with E-state index in [-0.39, 0.29) is 18.9 Å². The van der Waals surface area contributed by atoms with Crippen LogP contribution in [0.15, 0.2) is 4.34 Å². The van der Waals surface area contributed by atoms with Crippen LogP contribution in [-0.4, -0.2) is 10.2 Å². The van der Waals surface area contributed by atoms with Crippen LogP contribution in [0.5, 0.6) is 0 Å². The fourth-order valence-corrected chi connectivity index (χ4v) is 1.29. The van der Waals surface area contributed by atoms with E-state index in [1.165, 1.54) is 11.3 Å². The molecule has 0 spiro atoms. The van der Waals surface area contributed by atoms with Gasteiger partial charge in [-0.25, -0.2) is 0 Å². The van der Waals surface area contributed by atoms with Crippen LogP contribution in [0.4, 0.5) is 0 Å². The van der Waals surface area contributed by atoms with E-state index in [4.69, 9.17) is 0 Å². The molecule has 0 saturated heterocycles. The molecular weight excluding hydrogens is 155 g/mol. The van der Waals surface area contributed by atoms with Crippen molar-refractivity contribution in [3.8, 4) is 0 Å². The molecule has 0 aliphatic rings. The third-order valence-corrected chi connectivity index (χ3v) is 1.64. The van der Waals surface area contributed by atoms with Crippen LogP contribution < -0.4 is 18.9 Å². The second kappa shape index (κ2) is 3.59. The second-order valence-corrected chi connectivity index (χ2v) is 3.19. The quantitative estimate of drug-likeness (QED) is 0.270. The largest absolute Gasteiger partial charge is 1.00 e. The molecule has 0 aliphatic carbocycles. The molecule has 0 fully saturated rings. The van der Waals surface area contributed by atoms with Gasteiger partial charge in [-0.3, -0.25) is 5.10 Å². The fourth-order valence-electron chi connectivity index (χ4n) is 0.216. The maximum Gasteiger partial charge on any atom is 1.00 e. The van der Waals surface area contributed by atoms with Gasteiger partial charge >= 0.3 is 18.9 Å². The van der Waals surface area contributed by atoms with Crippen LogP contribution in [0.1, 0.15) is 0 Å². The molecule has 0 unspecified atom stereocenters. The van der Waals surface area contributed by atoms with Crippen molar-refractivity contribution in [3.05, 3.63) is 3.95 Å². The van der Waals surface area contributed by atoms with Gasteiger partial charge in [0, 0.05) is 0 Å². The predicted molar refractivity (Wildman–Crippen MR) is 32.9 cm³/mol. The van der Waals surface area contributed by atoms with Crippen LogP contribution in [0.2, 0.25) is 0 Å². The van der Waals surface area contributed by atoms with Gasteiger partial charge in [0.05, 0.1) is 3.95 Å². The van der Waals surface area contributed by atoms with Gasteiger partial charge in [0.15, 0.2) is 0 Å². The number of H-pyrrole nitrogens is 1. The van der Waals surface area contributed by atoms with E-state index in [2.05, 4.69) is 35.0 Å². The minimum Gasteiger partial charge on any atom is -0.406 e. The number of aromatic amines is 1. The van der Waals surface area contributed by atoms with E-state index >= 15 is 0 Å². The zero-order valence-corrected chi connectivity index (χ0v) is 6.62. The Morgan fingerprint density at radius 3 is 2.50 bits per heavy atom. The van der Waals surface area contributed by atoms with E-state index < -0.39 is 0 Å². The molecule has 1 heterocycles. The Labute approximate surface area is 73.3 Å². The van der Waals surface area contributed by atoms with Crippen LogP contribution in [0.25, 0.3) is 0 Å². The molecule has 0 amide bonds. The van der Waals surface area contributed by atoms with Crippen molar-refractivity contribution < 1.29 is 18.9 Å². The molecule has 6 heteroatoms. The molecule has 1 N–H and O–H groups in total. The fraction of sp³-hybridized carbons (Fsp3) is 0. The summed E-state index contributed by atoms with van der Waals surface area (Å²) in [7, 11) is 0. The molecule has 0 radical (unpaired) electrons. The number of aromatic nitrogens is 2. The average molecular weight is 156 g/mol. The smallest absolute Gasteiger partial charge is 0.406 e. The predicted octanol–water partition coefficient (Wildman–Crippen LogP) is -1.89. The number of hydrogen-bond acceptors (Lipinski definition) is 4. The third-order valence-electron chi connectivity index (χ3n) is 0.418. The van der Waals surface area contributed by atoms with E-state index in [9.17, 15) is 0 Å². The second-order valence-electron chi connectivity index (χ2n) is 0.879. The SMILES string of the molecule is S=c1[nH]nc([S-])s1.[Li+]. The van der Waals surface area contributed by atoms with Crippen molar-refractivity contribution in [2.45, 2.75) is 4.34 Å². The molecule has 8 heavy (non-hydrogen) atoms. The topological polar surface area (TPSA) is 28.7 Å². The molecule has 2 nitrogen and oxygen atoms in total. The summed E-state index contributed by atoms with van der Waals surface area (Å²) in [6.45, 7) is 0. The molecule has 1 rings (SSSR count). The molecule has 38 valence electrons. The zero-order chi connectivity index (χ0) is 5.28. The van der Waals surface area contributed by atoms with E-state index in [1.54, 1.807) is 0 Å². The first-order chi connectivity index (χ1) is 3.29. The monoisotopic (exact) mass is 156 g/mol. The molecule has 0 aliphatic heterocycles. The first-order valence-corrected chi connectivity index (χ1v) is 3.15. The van der Waals surface area contributed by atoms with Gasteiger partial charge in [-0.2, -0.15) is 5.10 Å². The molecule has 1 aromatic rings. The molecule has 0 atom stereocenters. The normalized spacial score (nSPS) is 8.00. The van der Waals surface area contributed by atoms with Crippen LogP contribution in [-0.2, 0) is 12.6 Å². The molecule has 0 saturated carbocycles. The Morgan fingerprint density at radius 1 is 1.75 bits per heavy atom. The number of rotatable bonds is 0. The van der Waals surface area contributed by atoms with Gasteiger partial charge < -0.3 is 24.0 Å².